The molecule has 6 nitrogen and oxygen atoms in total. The van der Waals surface area contributed by atoms with E-state index in [1.165, 1.54) is 12.8 Å². The van der Waals surface area contributed by atoms with Gasteiger partial charge in [-0.1, -0.05) is 25.5 Å². The third kappa shape index (κ3) is 4.11. The van der Waals surface area contributed by atoms with Gasteiger partial charge < -0.3 is 14.2 Å². The standard InChI is InChI=1S/C28H32N2O4/c1-4-18-17-30-14-12-19(18)15-25(30)27(34-28(31)22-7-5-6-8-26(22)33-3)21-11-13-29-24-10-9-20(32-2)16-23(21)24/h5-11,13,16,18-19,25,27H,4,12,14-15,17H2,1-3H3/t18-,19-,25+,27-/m0/s1. The molecule has 6 heteroatoms. The maximum atomic E-state index is 13.5. The van der Waals surface area contributed by atoms with Crippen molar-refractivity contribution in [1.29, 1.82) is 0 Å². The van der Waals surface area contributed by atoms with Crippen molar-refractivity contribution in [3.05, 3.63) is 65.9 Å². The smallest absolute Gasteiger partial charge is 0.342 e. The van der Waals surface area contributed by atoms with Crippen LogP contribution in [0.25, 0.3) is 10.9 Å². The highest BCUT2D eigenvalue weighted by molar-refractivity contribution is 5.93. The van der Waals surface area contributed by atoms with Crippen molar-refractivity contribution in [2.24, 2.45) is 11.8 Å². The van der Waals surface area contributed by atoms with Crippen molar-refractivity contribution in [1.82, 2.24) is 9.88 Å². The van der Waals surface area contributed by atoms with Crippen LogP contribution in [0.5, 0.6) is 11.5 Å². The van der Waals surface area contributed by atoms with Gasteiger partial charge in [0.15, 0.2) is 0 Å². The highest BCUT2D eigenvalue weighted by Gasteiger charge is 2.44. The van der Waals surface area contributed by atoms with Gasteiger partial charge in [0.2, 0.25) is 0 Å². The Kier molecular flexibility index (Phi) is 6.42. The number of rotatable bonds is 7. The lowest BCUT2D eigenvalue weighted by molar-refractivity contribution is -0.0660. The Balaban J connectivity index is 1.57. The van der Waals surface area contributed by atoms with Crippen LogP contribution in [0, 0.1) is 11.8 Å². The molecule has 0 aliphatic carbocycles. The van der Waals surface area contributed by atoms with Gasteiger partial charge in [0, 0.05) is 23.7 Å². The van der Waals surface area contributed by atoms with Gasteiger partial charge in [-0.15, -0.1) is 0 Å². The van der Waals surface area contributed by atoms with Crippen LogP contribution in [-0.2, 0) is 4.74 Å². The van der Waals surface area contributed by atoms with E-state index in [4.69, 9.17) is 14.2 Å². The zero-order valence-electron chi connectivity index (χ0n) is 20.1. The number of nitrogens with zero attached hydrogens (tertiary/aromatic N) is 2. The fourth-order valence-electron chi connectivity index (χ4n) is 5.82. The van der Waals surface area contributed by atoms with E-state index < -0.39 is 6.10 Å². The largest absolute Gasteiger partial charge is 0.497 e. The summed E-state index contributed by atoms with van der Waals surface area (Å²) in [6.45, 7) is 4.38. The first-order valence-electron chi connectivity index (χ1n) is 12.1. The van der Waals surface area contributed by atoms with Gasteiger partial charge in [-0.2, -0.15) is 0 Å². The highest BCUT2D eigenvalue weighted by Crippen LogP contribution is 2.44. The van der Waals surface area contributed by atoms with Gasteiger partial charge in [0.1, 0.15) is 23.2 Å². The third-order valence-electron chi connectivity index (χ3n) is 7.66. The number of esters is 1. The van der Waals surface area contributed by atoms with E-state index in [0.29, 0.717) is 23.1 Å². The molecule has 1 aromatic heterocycles. The van der Waals surface area contributed by atoms with Crippen LogP contribution in [0.1, 0.15) is 48.2 Å². The molecule has 0 spiro atoms. The van der Waals surface area contributed by atoms with E-state index in [1.54, 1.807) is 32.5 Å². The molecular formula is C28H32N2O4. The number of methoxy groups -OCH3 is 2. The molecule has 3 aliphatic heterocycles. The second-order valence-electron chi connectivity index (χ2n) is 9.32. The van der Waals surface area contributed by atoms with Crippen LogP contribution in [0.3, 0.4) is 0 Å². The van der Waals surface area contributed by atoms with Crippen molar-refractivity contribution < 1.29 is 19.0 Å². The summed E-state index contributed by atoms with van der Waals surface area (Å²) >= 11 is 0. The number of piperidine rings is 3. The summed E-state index contributed by atoms with van der Waals surface area (Å²) in [4.78, 5) is 20.6. The molecule has 6 rings (SSSR count). The Bertz CT molecular complexity index is 1180. The van der Waals surface area contributed by atoms with Gasteiger partial charge >= 0.3 is 5.97 Å². The van der Waals surface area contributed by atoms with Gasteiger partial charge in [-0.3, -0.25) is 9.88 Å². The molecule has 2 aromatic carbocycles. The SMILES string of the molecule is CC[C@H]1CN2CC[C@H]1C[C@@H]2[C@@H](OC(=O)c1ccccc1OC)c1ccnc2ccc(OC)cc12. The summed E-state index contributed by atoms with van der Waals surface area (Å²) in [5.74, 6) is 2.28. The number of benzene rings is 2. The number of pyridine rings is 1. The molecule has 3 aliphatic rings. The van der Waals surface area contributed by atoms with E-state index in [-0.39, 0.29) is 12.0 Å². The quantitative estimate of drug-likeness (QED) is 0.448. The number of carbonyl (C=O) groups excluding carboxylic acids is 1. The van der Waals surface area contributed by atoms with Gasteiger partial charge in [-0.25, -0.2) is 4.79 Å². The van der Waals surface area contributed by atoms with Crippen molar-refractivity contribution in [2.75, 3.05) is 27.3 Å². The second-order valence-corrected chi connectivity index (χ2v) is 9.32. The Labute approximate surface area is 200 Å². The summed E-state index contributed by atoms with van der Waals surface area (Å²) in [7, 11) is 3.23. The monoisotopic (exact) mass is 460 g/mol. The Morgan fingerprint density at radius 2 is 2.00 bits per heavy atom. The summed E-state index contributed by atoms with van der Waals surface area (Å²) < 4.78 is 17.3. The van der Waals surface area contributed by atoms with E-state index in [1.807, 2.05) is 36.4 Å². The summed E-state index contributed by atoms with van der Waals surface area (Å²) in [6, 6.07) is 15.2. The molecule has 0 amide bonds. The molecule has 0 saturated carbocycles. The number of hydrogen-bond acceptors (Lipinski definition) is 6. The Morgan fingerprint density at radius 1 is 1.15 bits per heavy atom. The number of para-hydroxylation sites is 1. The van der Waals surface area contributed by atoms with Crippen molar-refractivity contribution in [2.45, 2.75) is 38.3 Å². The Morgan fingerprint density at radius 3 is 2.74 bits per heavy atom. The van der Waals surface area contributed by atoms with Crippen LogP contribution in [0.15, 0.2) is 54.7 Å². The van der Waals surface area contributed by atoms with Crippen molar-refractivity contribution >= 4 is 16.9 Å². The predicted octanol–water partition coefficient (Wildman–Crippen LogP) is 5.27. The average molecular weight is 461 g/mol. The number of fused-ring (bicyclic) bond motifs is 4. The Hall–Kier alpha value is -3.12. The first-order valence-corrected chi connectivity index (χ1v) is 12.1. The van der Waals surface area contributed by atoms with E-state index >= 15 is 0 Å². The molecule has 3 saturated heterocycles. The summed E-state index contributed by atoms with van der Waals surface area (Å²) in [5.41, 5.74) is 2.27. The zero-order chi connectivity index (χ0) is 23.7. The van der Waals surface area contributed by atoms with Gasteiger partial charge in [0.25, 0.3) is 0 Å². The lowest BCUT2D eigenvalue weighted by Crippen LogP contribution is -2.55. The summed E-state index contributed by atoms with van der Waals surface area (Å²) in [5, 5.41) is 0.953. The molecule has 34 heavy (non-hydrogen) atoms. The highest BCUT2D eigenvalue weighted by atomic mass is 16.5. The molecule has 1 unspecified atom stereocenters. The number of aromatic nitrogens is 1. The van der Waals surface area contributed by atoms with E-state index in [9.17, 15) is 4.79 Å². The zero-order valence-corrected chi connectivity index (χ0v) is 20.1. The second kappa shape index (κ2) is 9.63. The molecule has 2 bridgehead atoms. The third-order valence-corrected chi connectivity index (χ3v) is 7.66. The molecule has 4 heterocycles. The van der Waals surface area contributed by atoms with Crippen LogP contribution in [0.4, 0.5) is 0 Å². The maximum absolute atomic E-state index is 13.5. The maximum Gasteiger partial charge on any atom is 0.342 e. The molecule has 0 N–H and O–H groups in total. The fourth-order valence-corrected chi connectivity index (χ4v) is 5.82. The first kappa shape index (κ1) is 22.7. The molecule has 3 fully saturated rings. The van der Waals surface area contributed by atoms with Gasteiger partial charge in [0.05, 0.1) is 25.8 Å². The van der Waals surface area contributed by atoms with Crippen molar-refractivity contribution in [3.63, 3.8) is 0 Å². The topological polar surface area (TPSA) is 60.9 Å². The molecule has 178 valence electrons. The molecular weight excluding hydrogens is 428 g/mol. The lowest BCUT2D eigenvalue weighted by atomic mass is 9.72. The minimum absolute atomic E-state index is 0.122. The van der Waals surface area contributed by atoms with Gasteiger partial charge in [-0.05, 0) is 67.6 Å². The molecule has 3 aromatic rings. The molecule has 5 atom stereocenters. The lowest BCUT2D eigenvalue weighted by Gasteiger charge is -2.51. The fraction of sp³-hybridized carbons (Fsp3) is 0.429. The normalized spacial score (nSPS) is 24.6. The summed E-state index contributed by atoms with van der Waals surface area (Å²) in [6.07, 6.45) is 4.81. The first-order chi connectivity index (χ1) is 16.6. The average Bonchev–Trinajstić information content (AvgIpc) is 2.91. The van der Waals surface area contributed by atoms with Crippen LogP contribution >= 0.6 is 0 Å². The predicted molar refractivity (Wildman–Crippen MR) is 131 cm³/mol. The van der Waals surface area contributed by atoms with Crippen LogP contribution in [0.2, 0.25) is 0 Å². The number of hydrogen-bond donors (Lipinski definition) is 0. The van der Waals surface area contributed by atoms with Crippen LogP contribution in [-0.4, -0.2) is 49.2 Å². The minimum Gasteiger partial charge on any atom is -0.497 e. The van der Waals surface area contributed by atoms with Crippen molar-refractivity contribution in [3.8, 4) is 11.5 Å². The minimum atomic E-state index is -0.421. The number of ether oxygens (including phenoxy) is 3. The molecule has 0 radical (unpaired) electrons. The van der Waals surface area contributed by atoms with Crippen LogP contribution < -0.4 is 9.47 Å². The van der Waals surface area contributed by atoms with E-state index in [2.05, 4.69) is 16.8 Å². The number of carbonyl (C=O) groups is 1. The van der Waals surface area contributed by atoms with E-state index in [0.717, 1.165) is 41.7 Å².